The van der Waals surface area contributed by atoms with E-state index >= 15 is 0 Å². The van der Waals surface area contributed by atoms with Gasteiger partial charge in [0.05, 0.1) is 12.1 Å². The monoisotopic (exact) mass is 575 g/mol. The average molecular weight is 576 g/mol. The highest BCUT2D eigenvalue weighted by Crippen LogP contribution is 2.27. The van der Waals surface area contributed by atoms with Gasteiger partial charge in [0, 0.05) is 50.0 Å². The molecule has 0 aromatic heterocycles. The Hall–Kier alpha value is -3.30. The van der Waals surface area contributed by atoms with Crippen LogP contribution >= 0.6 is 23.8 Å². The first kappa shape index (κ1) is 28.2. The van der Waals surface area contributed by atoms with Crippen LogP contribution in [0, 0.1) is 0 Å². The van der Waals surface area contributed by atoms with Crippen molar-refractivity contribution < 1.29 is 9.59 Å². The zero-order chi connectivity index (χ0) is 27.9. The molecular formula is C31H34ClN5O2S. The largest absolute Gasteiger partial charge is 0.336 e. The highest BCUT2D eigenvalue weighted by molar-refractivity contribution is 7.80. The van der Waals surface area contributed by atoms with Crippen LogP contribution in [-0.4, -0.2) is 76.9 Å². The number of nitrogens with zero attached hydrogens (tertiary/aromatic N) is 4. The number of anilines is 2. The number of piperazine rings is 1. The van der Waals surface area contributed by atoms with Gasteiger partial charge in [-0.3, -0.25) is 19.4 Å². The Kier molecular flexibility index (Phi) is 9.44. The number of amides is 2. The first-order chi connectivity index (χ1) is 19.5. The number of halogens is 1. The minimum atomic E-state index is -0.650. The van der Waals surface area contributed by atoms with E-state index in [0.29, 0.717) is 22.4 Å². The third kappa shape index (κ3) is 7.06. The second-order valence-electron chi connectivity index (χ2n) is 10.2. The SMILES string of the molecule is O=C(C[C@@H]1C(=O)N(c2ccccc2)C(=S)N1CCCN1CCN(Cc2ccccc2)CC1)Nc1ccc(Cl)cc1. The van der Waals surface area contributed by atoms with E-state index in [9.17, 15) is 9.59 Å². The van der Waals surface area contributed by atoms with Crippen LogP contribution in [0.5, 0.6) is 0 Å². The van der Waals surface area contributed by atoms with Gasteiger partial charge in [0.1, 0.15) is 6.04 Å². The van der Waals surface area contributed by atoms with Crippen molar-refractivity contribution in [3.8, 4) is 0 Å². The number of carbonyl (C=O) groups excluding carboxylic acids is 2. The van der Waals surface area contributed by atoms with Crippen LogP contribution in [-0.2, 0) is 16.1 Å². The van der Waals surface area contributed by atoms with E-state index in [2.05, 4.69) is 45.4 Å². The molecule has 0 radical (unpaired) electrons. The summed E-state index contributed by atoms with van der Waals surface area (Å²) in [6.45, 7) is 6.60. The fraction of sp³-hybridized carbons (Fsp3) is 0.323. The molecule has 0 aliphatic carbocycles. The summed E-state index contributed by atoms with van der Waals surface area (Å²) in [5.41, 5.74) is 2.70. The smallest absolute Gasteiger partial charge is 0.256 e. The summed E-state index contributed by atoms with van der Waals surface area (Å²) in [5, 5.41) is 3.93. The predicted octanol–water partition coefficient (Wildman–Crippen LogP) is 4.88. The molecule has 0 saturated carbocycles. The summed E-state index contributed by atoms with van der Waals surface area (Å²) in [6, 6.07) is 26.3. The third-order valence-electron chi connectivity index (χ3n) is 7.43. The van der Waals surface area contributed by atoms with Crippen LogP contribution in [0.3, 0.4) is 0 Å². The van der Waals surface area contributed by atoms with E-state index < -0.39 is 6.04 Å². The average Bonchev–Trinajstić information content (AvgIpc) is 3.20. The quantitative estimate of drug-likeness (QED) is 0.348. The number of para-hydroxylation sites is 1. The second-order valence-corrected chi connectivity index (χ2v) is 11.0. The highest BCUT2D eigenvalue weighted by Gasteiger charge is 2.43. The maximum absolute atomic E-state index is 13.6. The molecule has 5 rings (SSSR count). The van der Waals surface area contributed by atoms with Gasteiger partial charge in [0.15, 0.2) is 5.11 Å². The van der Waals surface area contributed by atoms with Gasteiger partial charge < -0.3 is 15.1 Å². The number of thiocarbonyl (C=S) groups is 1. The van der Waals surface area contributed by atoms with Gasteiger partial charge >= 0.3 is 0 Å². The van der Waals surface area contributed by atoms with Crippen molar-refractivity contribution in [1.29, 1.82) is 0 Å². The van der Waals surface area contributed by atoms with Gasteiger partial charge in [-0.15, -0.1) is 0 Å². The molecule has 1 N–H and O–H groups in total. The van der Waals surface area contributed by atoms with Gasteiger partial charge in [-0.2, -0.15) is 0 Å². The molecule has 9 heteroatoms. The lowest BCUT2D eigenvalue weighted by atomic mass is 10.1. The van der Waals surface area contributed by atoms with Crippen LogP contribution in [0.4, 0.5) is 11.4 Å². The topological polar surface area (TPSA) is 59.1 Å². The number of benzene rings is 3. The minimum Gasteiger partial charge on any atom is -0.336 e. The zero-order valence-electron chi connectivity index (χ0n) is 22.4. The standard InChI is InChI=1S/C31H34ClN5O2S/c32-25-12-14-26(15-13-25)33-29(38)22-28-30(39)37(27-10-5-2-6-11-27)31(40)36(28)17-7-16-34-18-20-35(21-19-34)23-24-8-3-1-4-9-24/h1-6,8-15,28H,7,16-23H2,(H,33,38)/t28-/m1/s1. The molecule has 2 aliphatic rings. The Bertz CT molecular complexity index is 1300. The second kappa shape index (κ2) is 13.4. The van der Waals surface area contributed by atoms with E-state index in [1.165, 1.54) is 5.56 Å². The summed E-state index contributed by atoms with van der Waals surface area (Å²) in [4.78, 5) is 35.0. The number of nitrogens with one attached hydrogen (secondary N) is 1. The number of hydrogen-bond donors (Lipinski definition) is 1. The molecule has 40 heavy (non-hydrogen) atoms. The molecule has 2 fully saturated rings. The van der Waals surface area contributed by atoms with Crippen LogP contribution in [0.25, 0.3) is 0 Å². The molecule has 3 aromatic carbocycles. The third-order valence-corrected chi connectivity index (χ3v) is 8.10. The Morgan fingerprint density at radius 3 is 2.15 bits per heavy atom. The highest BCUT2D eigenvalue weighted by atomic mass is 35.5. The molecule has 2 aliphatic heterocycles. The normalized spacial score (nSPS) is 18.4. The molecule has 3 aromatic rings. The molecule has 0 unspecified atom stereocenters. The zero-order valence-corrected chi connectivity index (χ0v) is 24.0. The van der Waals surface area contributed by atoms with Gasteiger partial charge in [-0.1, -0.05) is 60.1 Å². The molecular weight excluding hydrogens is 542 g/mol. The molecule has 208 valence electrons. The molecule has 7 nitrogen and oxygen atoms in total. The van der Waals surface area contributed by atoms with Crippen molar-refractivity contribution in [2.75, 3.05) is 49.5 Å². The maximum Gasteiger partial charge on any atom is 0.256 e. The molecule has 2 heterocycles. The lowest BCUT2D eigenvalue weighted by molar-refractivity contribution is -0.124. The Labute approximate surface area is 246 Å². The molecule has 2 saturated heterocycles. The van der Waals surface area contributed by atoms with Crippen molar-refractivity contribution in [3.63, 3.8) is 0 Å². The summed E-state index contributed by atoms with van der Waals surface area (Å²) in [7, 11) is 0. The Morgan fingerprint density at radius 2 is 1.48 bits per heavy atom. The van der Waals surface area contributed by atoms with Crippen molar-refractivity contribution in [3.05, 3.63) is 95.5 Å². The summed E-state index contributed by atoms with van der Waals surface area (Å²) in [5.74, 6) is -0.407. The van der Waals surface area contributed by atoms with Gasteiger partial charge in [-0.05, 0) is 67.1 Å². The lowest BCUT2D eigenvalue weighted by Crippen LogP contribution is -2.47. The van der Waals surface area contributed by atoms with Crippen molar-refractivity contribution in [2.24, 2.45) is 0 Å². The number of rotatable bonds is 10. The van der Waals surface area contributed by atoms with Crippen LogP contribution in [0.1, 0.15) is 18.4 Å². The lowest BCUT2D eigenvalue weighted by Gasteiger charge is -2.35. The van der Waals surface area contributed by atoms with Crippen molar-refractivity contribution >= 4 is 52.1 Å². The van der Waals surface area contributed by atoms with E-state index in [4.69, 9.17) is 23.8 Å². The van der Waals surface area contributed by atoms with E-state index in [1.54, 1.807) is 29.2 Å². The molecule has 0 spiro atoms. The number of hydrogen-bond acceptors (Lipinski definition) is 5. The predicted molar refractivity (Wildman–Crippen MR) is 164 cm³/mol. The van der Waals surface area contributed by atoms with Crippen molar-refractivity contribution in [1.82, 2.24) is 14.7 Å². The molecule has 0 bridgehead atoms. The van der Waals surface area contributed by atoms with Crippen LogP contribution in [0.2, 0.25) is 5.02 Å². The molecule has 2 amide bonds. The summed E-state index contributed by atoms with van der Waals surface area (Å²) >= 11 is 11.8. The minimum absolute atomic E-state index is 0.0170. The first-order valence-electron chi connectivity index (χ1n) is 13.7. The fourth-order valence-electron chi connectivity index (χ4n) is 5.30. The molecule has 1 atom stereocenters. The summed E-state index contributed by atoms with van der Waals surface area (Å²) < 4.78 is 0. The first-order valence-corrected chi connectivity index (χ1v) is 14.5. The van der Waals surface area contributed by atoms with Gasteiger partial charge in [0.25, 0.3) is 5.91 Å². The number of carbonyl (C=O) groups is 2. The maximum atomic E-state index is 13.6. The van der Waals surface area contributed by atoms with Gasteiger partial charge in [0.2, 0.25) is 5.91 Å². The van der Waals surface area contributed by atoms with E-state index in [-0.39, 0.29) is 18.2 Å². The Morgan fingerprint density at radius 1 is 0.850 bits per heavy atom. The van der Waals surface area contributed by atoms with E-state index in [0.717, 1.165) is 51.4 Å². The van der Waals surface area contributed by atoms with E-state index in [1.807, 2.05) is 35.2 Å². The van der Waals surface area contributed by atoms with Gasteiger partial charge in [-0.25, -0.2) is 0 Å². The Balaban J connectivity index is 1.18. The van der Waals surface area contributed by atoms with Crippen molar-refractivity contribution in [2.45, 2.75) is 25.4 Å². The summed E-state index contributed by atoms with van der Waals surface area (Å²) in [6.07, 6.45) is 0.868. The fourth-order valence-corrected chi connectivity index (χ4v) is 5.84. The van der Waals surface area contributed by atoms with Crippen LogP contribution in [0.15, 0.2) is 84.9 Å². The van der Waals surface area contributed by atoms with Crippen LogP contribution < -0.4 is 10.2 Å².